The third-order valence-electron chi connectivity index (χ3n) is 4.75. The third-order valence-corrected chi connectivity index (χ3v) is 4.99. The van der Waals surface area contributed by atoms with Gasteiger partial charge in [0.15, 0.2) is 5.82 Å². The summed E-state index contributed by atoms with van der Waals surface area (Å²) in [4.78, 5) is 17.4. The Morgan fingerprint density at radius 2 is 1.81 bits per heavy atom. The fourth-order valence-electron chi connectivity index (χ4n) is 3.13. The Balaban J connectivity index is 1.74. The minimum Gasteiger partial charge on any atom is -0.494 e. The lowest BCUT2D eigenvalue weighted by molar-refractivity contribution is 0.101. The van der Waals surface area contributed by atoms with Crippen molar-refractivity contribution in [3.8, 4) is 22.8 Å². The number of aromatic nitrogens is 3. The van der Waals surface area contributed by atoms with Gasteiger partial charge in [-0.25, -0.2) is 14.1 Å². The van der Waals surface area contributed by atoms with Crippen LogP contribution in [0.25, 0.3) is 17.1 Å². The number of benzene rings is 3. The number of aryl methyl sites for hydroxylation is 1. The number of ether oxygens (including phenoxy) is 1. The molecule has 1 amide bonds. The molecule has 0 unspecified atom stereocenters. The molecule has 0 bridgehead atoms. The van der Waals surface area contributed by atoms with Gasteiger partial charge in [0.1, 0.15) is 11.6 Å². The molecule has 4 aromatic rings. The monoisotopic (exact) mass is 450 g/mol. The van der Waals surface area contributed by atoms with E-state index >= 15 is 0 Å². The standard InChI is InChI=1S/C24H20ClFN4O2/c1-3-32-20-12-10-19(11-13-20)30-23(16-5-8-18(26)9-6-16)28-22(29-30)24(31)27-21-14-17(25)7-4-15(21)2/h4-14H,3H2,1-2H3,(H,27,31). The molecule has 0 fully saturated rings. The number of nitrogens with zero attached hydrogens (tertiary/aromatic N) is 3. The summed E-state index contributed by atoms with van der Waals surface area (Å²) in [6.45, 7) is 4.32. The van der Waals surface area contributed by atoms with Gasteiger partial charge in [0.2, 0.25) is 5.82 Å². The largest absolute Gasteiger partial charge is 0.494 e. The van der Waals surface area contributed by atoms with Crippen molar-refractivity contribution in [3.63, 3.8) is 0 Å². The molecular weight excluding hydrogens is 431 g/mol. The molecule has 0 saturated carbocycles. The Morgan fingerprint density at radius 3 is 2.50 bits per heavy atom. The zero-order chi connectivity index (χ0) is 22.7. The highest BCUT2D eigenvalue weighted by Crippen LogP contribution is 2.25. The van der Waals surface area contributed by atoms with Crippen LogP contribution >= 0.6 is 11.6 Å². The first kappa shape index (κ1) is 21.5. The van der Waals surface area contributed by atoms with Crippen LogP contribution in [0.15, 0.2) is 66.7 Å². The number of amides is 1. The molecule has 162 valence electrons. The Bertz CT molecular complexity index is 1250. The smallest absolute Gasteiger partial charge is 0.295 e. The first-order valence-electron chi connectivity index (χ1n) is 9.98. The second-order valence-corrected chi connectivity index (χ2v) is 7.45. The van der Waals surface area contributed by atoms with Crippen LogP contribution in [0.2, 0.25) is 5.02 Å². The lowest BCUT2D eigenvalue weighted by Gasteiger charge is -2.08. The van der Waals surface area contributed by atoms with E-state index in [-0.39, 0.29) is 11.6 Å². The summed E-state index contributed by atoms with van der Waals surface area (Å²) in [5.41, 5.74) is 2.72. The summed E-state index contributed by atoms with van der Waals surface area (Å²) in [6, 6.07) is 18.3. The molecule has 3 aromatic carbocycles. The van der Waals surface area contributed by atoms with Crippen LogP contribution in [0, 0.1) is 12.7 Å². The summed E-state index contributed by atoms with van der Waals surface area (Å²) >= 11 is 6.06. The predicted molar refractivity (Wildman–Crippen MR) is 122 cm³/mol. The zero-order valence-corrected chi connectivity index (χ0v) is 18.2. The number of anilines is 1. The quantitative estimate of drug-likeness (QED) is 0.410. The fraction of sp³-hybridized carbons (Fsp3) is 0.125. The van der Waals surface area contributed by atoms with Crippen LogP contribution in [-0.2, 0) is 0 Å². The van der Waals surface area contributed by atoms with Gasteiger partial charge in [-0.2, -0.15) is 0 Å². The molecule has 8 heteroatoms. The molecule has 0 aliphatic rings. The van der Waals surface area contributed by atoms with Gasteiger partial charge in [-0.15, -0.1) is 5.10 Å². The van der Waals surface area contributed by atoms with Crippen LogP contribution < -0.4 is 10.1 Å². The van der Waals surface area contributed by atoms with Crippen LogP contribution in [0.3, 0.4) is 0 Å². The summed E-state index contributed by atoms with van der Waals surface area (Å²) in [6.07, 6.45) is 0. The Labute approximate surface area is 189 Å². The van der Waals surface area contributed by atoms with Crippen molar-refractivity contribution in [2.75, 3.05) is 11.9 Å². The van der Waals surface area contributed by atoms with Crippen LogP contribution in [0.5, 0.6) is 5.75 Å². The first-order chi connectivity index (χ1) is 15.4. The van der Waals surface area contributed by atoms with E-state index in [1.165, 1.54) is 12.1 Å². The molecule has 0 radical (unpaired) electrons. The Kier molecular flexibility index (Phi) is 6.18. The number of rotatable bonds is 6. The van der Waals surface area contributed by atoms with Crippen molar-refractivity contribution in [2.24, 2.45) is 0 Å². The average molecular weight is 451 g/mol. The van der Waals surface area contributed by atoms with E-state index in [4.69, 9.17) is 16.3 Å². The van der Waals surface area contributed by atoms with E-state index in [2.05, 4.69) is 15.4 Å². The van der Waals surface area contributed by atoms with E-state index in [1.54, 1.807) is 28.9 Å². The molecule has 32 heavy (non-hydrogen) atoms. The molecule has 0 saturated heterocycles. The second-order valence-electron chi connectivity index (χ2n) is 7.02. The van der Waals surface area contributed by atoms with E-state index in [9.17, 15) is 9.18 Å². The van der Waals surface area contributed by atoms with Crippen LogP contribution in [0.1, 0.15) is 23.1 Å². The SMILES string of the molecule is CCOc1ccc(-n2nc(C(=O)Nc3cc(Cl)ccc3C)nc2-c2ccc(F)cc2)cc1. The molecule has 0 atom stereocenters. The Morgan fingerprint density at radius 1 is 1.09 bits per heavy atom. The lowest BCUT2D eigenvalue weighted by atomic mass is 10.2. The van der Waals surface area contributed by atoms with Crippen LogP contribution in [0.4, 0.5) is 10.1 Å². The van der Waals surface area contributed by atoms with E-state index < -0.39 is 5.91 Å². The topological polar surface area (TPSA) is 69.0 Å². The maximum Gasteiger partial charge on any atom is 0.295 e. The van der Waals surface area contributed by atoms with Gasteiger partial charge in [-0.3, -0.25) is 4.79 Å². The number of carbonyl (C=O) groups is 1. The second kappa shape index (κ2) is 9.20. The highest BCUT2D eigenvalue weighted by molar-refractivity contribution is 6.31. The molecule has 1 aromatic heterocycles. The maximum atomic E-state index is 13.5. The highest BCUT2D eigenvalue weighted by atomic mass is 35.5. The van der Waals surface area contributed by atoms with Crippen molar-refractivity contribution in [2.45, 2.75) is 13.8 Å². The summed E-state index contributed by atoms with van der Waals surface area (Å²) in [5.74, 6) is 0.243. The zero-order valence-electron chi connectivity index (χ0n) is 17.5. The molecule has 1 N–H and O–H groups in total. The number of carbonyl (C=O) groups excluding carboxylic acids is 1. The van der Waals surface area contributed by atoms with Gasteiger partial charge in [0.05, 0.1) is 12.3 Å². The van der Waals surface area contributed by atoms with Crippen molar-refractivity contribution >= 4 is 23.2 Å². The number of halogens is 2. The van der Waals surface area contributed by atoms with Crippen molar-refractivity contribution in [1.82, 2.24) is 14.8 Å². The first-order valence-corrected chi connectivity index (χ1v) is 10.4. The molecule has 4 rings (SSSR count). The van der Waals surface area contributed by atoms with Crippen molar-refractivity contribution in [1.29, 1.82) is 0 Å². The minimum absolute atomic E-state index is 0.0300. The lowest BCUT2D eigenvalue weighted by Crippen LogP contribution is -2.15. The van der Waals surface area contributed by atoms with E-state index in [0.717, 1.165) is 5.56 Å². The number of hydrogen-bond acceptors (Lipinski definition) is 4. The van der Waals surface area contributed by atoms with Crippen LogP contribution in [-0.4, -0.2) is 27.3 Å². The molecule has 0 spiro atoms. The number of nitrogens with one attached hydrogen (secondary N) is 1. The third kappa shape index (κ3) is 4.63. The minimum atomic E-state index is -0.483. The molecule has 1 heterocycles. The summed E-state index contributed by atoms with van der Waals surface area (Å²) in [5, 5.41) is 7.74. The predicted octanol–water partition coefficient (Wildman–Crippen LogP) is 5.69. The number of hydrogen-bond donors (Lipinski definition) is 1. The van der Waals surface area contributed by atoms with Gasteiger partial charge in [0, 0.05) is 16.3 Å². The van der Waals surface area contributed by atoms with Gasteiger partial charge in [-0.1, -0.05) is 17.7 Å². The average Bonchev–Trinajstić information content (AvgIpc) is 3.23. The van der Waals surface area contributed by atoms with E-state index in [1.807, 2.05) is 44.2 Å². The Hall–Kier alpha value is -3.71. The van der Waals surface area contributed by atoms with E-state index in [0.29, 0.717) is 40.1 Å². The van der Waals surface area contributed by atoms with Crippen molar-refractivity contribution < 1.29 is 13.9 Å². The van der Waals surface area contributed by atoms with Gasteiger partial charge < -0.3 is 10.1 Å². The fourth-order valence-corrected chi connectivity index (χ4v) is 3.30. The highest BCUT2D eigenvalue weighted by Gasteiger charge is 2.20. The van der Waals surface area contributed by atoms with Crippen molar-refractivity contribution in [3.05, 3.63) is 89.0 Å². The molecular formula is C24H20ClFN4O2. The summed E-state index contributed by atoms with van der Waals surface area (Å²) < 4.78 is 20.5. The van der Waals surface area contributed by atoms with Gasteiger partial charge >= 0.3 is 0 Å². The molecule has 6 nitrogen and oxygen atoms in total. The summed E-state index contributed by atoms with van der Waals surface area (Å²) in [7, 11) is 0. The van der Waals surface area contributed by atoms with Gasteiger partial charge in [-0.05, 0) is 80.1 Å². The molecule has 0 aliphatic heterocycles. The molecule has 0 aliphatic carbocycles. The maximum absolute atomic E-state index is 13.5. The normalized spacial score (nSPS) is 10.8. The van der Waals surface area contributed by atoms with Gasteiger partial charge in [0.25, 0.3) is 5.91 Å².